The van der Waals surface area contributed by atoms with Gasteiger partial charge in [0.15, 0.2) is 11.0 Å². The van der Waals surface area contributed by atoms with E-state index in [1.54, 1.807) is 11.8 Å². The average molecular weight is 366 g/mol. The fourth-order valence-corrected chi connectivity index (χ4v) is 4.09. The number of rotatable bonds is 4. The third-order valence-corrected chi connectivity index (χ3v) is 5.64. The molecule has 0 unspecified atom stereocenters. The predicted molar refractivity (Wildman–Crippen MR) is 95.2 cm³/mol. The number of morpholine rings is 1. The summed E-state index contributed by atoms with van der Waals surface area (Å²) in [7, 11) is 0. The van der Waals surface area contributed by atoms with E-state index in [0.717, 1.165) is 73.5 Å². The maximum atomic E-state index is 6.12. The summed E-state index contributed by atoms with van der Waals surface area (Å²) in [5, 5.41) is 10.4. The Morgan fingerprint density at radius 3 is 2.79 bits per heavy atom. The summed E-state index contributed by atoms with van der Waals surface area (Å²) in [5.74, 6) is 1.84. The van der Waals surface area contributed by atoms with Gasteiger partial charge in [-0.2, -0.15) is 0 Å². The molecule has 1 aromatic carbocycles. The molecule has 8 heteroatoms. The number of thioether (sulfide) groups is 1. The Labute approximate surface area is 150 Å². The van der Waals surface area contributed by atoms with Gasteiger partial charge in [0.1, 0.15) is 0 Å². The molecule has 0 N–H and O–H groups in total. The second kappa shape index (κ2) is 7.41. The lowest BCUT2D eigenvalue weighted by atomic mass is 10.2. The number of fused-ring (bicyclic) bond motifs is 1. The SMILES string of the molecule is Clc1cccc(-c2nnc3n2CN(CCN2CCOCC2)CS3)c1. The summed E-state index contributed by atoms with van der Waals surface area (Å²) in [6, 6.07) is 7.80. The summed E-state index contributed by atoms with van der Waals surface area (Å²) in [4.78, 5) is 4.90. The normalized spacial score (nSPS) is 19.4. The molecule has 0 spiro atoms. The van der Waals surface area contributed by atoms with Crippen molar-refractivity contribution >= 4 is 23.4 Å². The van der Waals surface area contributed by atoms with Crippen LogP contribution in [0.15, 0.2) is 29.4 Å². The monoisotopic (exact) mass is 365 g/mol. The van der Waals surface area contributed by atoms with Crippen molar-refractivity contribution in [2.24, 2.45) is 0 Å². The molecule has 0 radical (unpaired) electrons. The molecule has 1 aromatic heterocycles. The van der Waals surface area contributed by atoms with Crippen LogP contribution in [0.5, 0.6) is 0 Å². The summed E-state index contributed by atoms with van der Waals surface area (Å²) >= 11 is 7.86. The van der Waals surface area contributed by atoms with Gasteiger partial charge in [0, 0.05) is 36.8 Å². The van der Waals surface area contributed by atoms with Crippen molar-refractivity contribution in [2.45, 2.75) is 11.8 Å². The molecule has 0 atom stereocenters. The minimum atomic E-state index is 0.720. The first kappa shape index (κ1) is 16.4. The van der Waals surface area contributed by atoms with Crippen LogP contribution < -0.4 is 0 Å². The molecule has 3 heterocycles. The van der Waals surface area contributed by atoms with Crippen molar-refractivity contribution in [3.63, 3.8) is 0 Å². The van der Waals surface area contributed by atoms with Gasteiger partial charge in [-0.25, -0.2) is 0 Å². The highest BCUT2D eigenvalue weighted by Crippen LogP contribution is 2.29. The molecule has 6 nitrogen and oxygen atoms in total. The van der Waals surface area contributed by atoms with Crippen LogP contribution in [0.1, 0.15) is 0 Å². The first-order valence-corrected chi connectivity index (χ1v) is 9.50. The molecular formula is C16H20ClN5OS. The topological polar surface area (TPSA) is 46.4 Å². The van der Waals surface area contributed by atoms with Crippen LogP contribution in [0.25, 0.3) is 11.4 Å². The minimum Gasteiger partial charge on any atom is -0.379 e. The standard InChI is InChI=1S/C16H20ClN5OS/c17-14-3-1-2-13(10-14)15-18-19-16-22(15)11-21(12-24-16)5-4-20-6-8-23-9-7-20/h1-3,10H,4-9,11-12H2. The van der Waals surface area contributed by atoms with Crippen LogP contribution in [0.3, 0.4) is 0 Å². The molecule has 0 amide bonds. The number of ether oxygens (including phenoxy) is 1. The molecule has 1 fully saturated rings. The molecule has 128 valence electrons. The van der Waals surface area contributed by atoms with Gasteiger partial charge >= 0.3 is 0 Å². The van der Waals surface area contributed by atoms with Crippen LogP contribution in [-0.2, 0) is 11.4 Å². The van der Waals surface area contributed by atoms with E-state index < -0.39 is 0 Å². The first-order chi connectivity index (χ1) is 11.8. The van der Waals surface area contributed by atoms with E-state index in [-0.39, 0.29) is 0 Å². The summed E-state index contributed by atoms with van der Waals surface area (Å²) in [6.07, 6.45) is 0. The molecule has 0 bridgehead atoms. The van der Waals surface area contributed by atoms with Gasteiger partial charge in [0.25, 0.3) is 0 Å². The maximum Gasteiger partial charge on any atom is 0.193 e. The van der Waals surface area contributed by atoms with E-state index >= 15 is 0 Å². The zero-order chi connectivity index (χ0) is 16.4. The number of halogens is 1. The first-order valence-electron chi connectivity index (χ1n) is 8.14. The number of nitrogens with zero attached hydrogens (tertiary/aromatic N) is 5. The Hall–Kier alpha value is -1.12. The van der Waals surface area contributed by atoms with E-state index in [2.05, 4.69) is 24.6 Å². The Kier molecular flexibility index (Phi) is 5.05. The number of hydrogen-bond acceptors (Lipinski definition) is 6. The number of benzene rings is 1. The van der Waals surface area contributed by atoms with E-state index in [1.165, 1.54) is 0 Å². The van der Waals surface area contributed by atoms with Crippen molar-refractivity contribution in [2.75, 3.05) is 45.3 Å². The molecule has 2 aliphatic heterocycles. The summed E-state index contributed by atoms with van der Waals surface area (Å²) in [5.41, 5.74) is 1.01. The second-order valence-electron chi connectivity index (χ2n) is 6.01. The zero-order valence-electron chi connectivity index (χ0n) is 13.4. The Morgan fingerprint density at radius 2 is 1.96 bits per heavy atom. The lowest BCUT2D eigenvalue weighted by Crippen LogP contribution is -2.42. The molecular weight excluding hydrogens is 346 g/mol. The van der Waals surface area contributed by atoms with Crippen molar-refractivity contribution in [3.8, 4) is 11.4 Å². The van der Waals surface area contributed by atoms with Gasteiger partial charge in [0.05, 0.1) is 25.8 Å². The summed E-state index contributed by atoms with van der Waals surface area (Å²) < 4.78 is 7.59. The van der Waals surface area contributed by atoms with Crippen LogP contribution in [-0.4, -0.2) is 69.8 Å². The van der Waals surface area contributed by atoms with Crippen LogP contribution in [0.2, 0.25) is 5.02 Å². The van der Waals surface area contributed by atoms with Crippen LogP contribution in [0.4, 0.5) is 0 Å². The van der Waals surface area contributed by atoms with Crippen molar-refractivity contribution in [3.05, 3.63) is 29.3 Å². The summed E-state index contributed by atoms with van der Waals surface area (Å²) in [6.45, 7) is 6.71. The molecule has 2 aliphatic rings. The average Bonchev–Trinajstić information content (AvgIpc) is 3.04. The van der Waals surface area contributed by atoms with E-state index in [1.807, 2.05) is 24.3 Å². The third-order valence-electron chi connectivity index (χ3n) is 4.35. The zero-order valence-corrected chi connectivity index (χ0v) is 15.0. The van der Waals surface area contributed by atoms with Gasteiger partial charge in [-0.15, -0.1) is 10.2 Å². The number of hydrogen-bond donors (Lipinski definition) is 0. The van der Waals surface area contributed by atoms with Gasteiger partial charge in [-0.3, -0.25) is 14.4 Å². The van der Waals surface area contributed by atoms with Gasteiger partial charge in [-0.05, 0) is 12.1 Å². The molecule has 0 saturated carbocycles. The highest BCUT2D eigenvalue weighted by molar-refractivity contribution is 7.99. The minimum absolute atomic E-state index is 0.720. The third kappa shape index (κ3) is 3.60. The highest BCUT2D eigenvalue weighted by Gasteiger charge is 2.23. The maximum absolute atomic E-state index is 6.12. The van der Waals surface area contributed by atoms with Crippen molar-refractivity contribution in [1.82, 2.24) is 24.6 Å². The van der Waals surface area contributed by atoms with Gasteiger partial charge in [-0.1, -0.05) is 35.5 Å². The Balaban J connectivity index is 1.45. The van der Waals surface area contributed by atoms with Gasteiger partial charge < -0.3 is 4.74 Å². The van der Waals surface area contributed by atoms with Crippen LogP contribution in [0, 0.1) is 0 Å². The molecule has 4 rings (SSSR count). The largest absolute Gasteiger partial charge is 0.379 e. The number of aromatic nitrogens is 3. The lowest BCUT2D eigenvalue weighted by Gasteiger charge is -2.32. The smallest absolute Gasteiger partial charge is 0.193 e. The van der Waals surface area contributed by atoms with Crippen molar-refractivity contribution in [1.29, 1.82) is 0 Å². The van der Waals surface area contributed by atoms with Crippen molar-refractivity contribution < 1.29 is 4.74 Å². The van der Waals surface area contributed by atoms with Crippen LogP contribution >= 0.6 is 23.4 Å². The molecule has 24 heavy (non-hydrogen) atoms. The van der Waals surface area contributed by atoms with E-state index in [0.29, 0.717) is 0 Å². The fraction of sp³-hybridized carbons (Fsp3) is 0.500. The molecule has 2 aromatic rings. The quantitative estimate of drug-likeness (QED) is 0.828. The molecule has 1 saturated heterocycles. The Bertz CT molecular complexity index is 704. The Morgan fingerprint density at radius 1 is 1.12 bits per heavy atom. The van der Waals surface area contributed by atoms with E-state index in [9.17, 15) is 0 Å². The highest BCUT2D eigenvalue weighted by atomic mass is 35.5. The predicted octanol–water partition coefficient (Wildman–Crippen LogP) is 2.25. The second-order valence-corrected chi connectivity index (χ2v) is 7.36. The van der Waals surface area contributed by atoms with Gasteiger partial charge in [0.2, 0.25) is 0 Å². The fourth-order valence-electron chi connectivity index (χ4n) is 3.00. The lowest BCUT2D eigenvalue weighted by molar-refractivity contribution is 0.0325. The molecule has 0 aliphatic carbocycles. The van der Waals surface area contributed by atoms with E-state index in [4.69, 9.17) is 16.3 Å².